The fourth-order valence-corrected chi connectivity index (χ4v) is 4.61. The zero-order valence-electron chi connectivity index (χ0n) is 18.8. The molecule has 2 amide bonds. The van der Waals surface area contributed by atoms with Gasteiger partial charge in [0.2, 0.25) is 0 Å². The predicted molar refractivity (Wildman–Crippen MR) is 130 cm³/mol. The minimum absolute atomic E-state index is 0.0102. The summed E-state index contributed by atoms with van der Waals surface area (Å²) in [5.41, 5.74) is 4.46. The highest BCUT2D eigenvalue weighted by Crippen LogP contribution is 2.38. The van der Waals surface area contributed by atoms with Gasteiger partial charge in [-0.05, 0) is 23.6 Å². The third kappa shape index (κ3) is 4.17. The maximum Gasteiger partial charge on any atom is 0.319 e. The SMILES string of the molecule is CC(C)Cn1cc(-c2cc(F)c(NC(=O)NCC3c4ccccc4-c4cncn43)cc2Cl)cn1. The molecule has 9 heteroatoms. The van der Waals surface area contributed by atoms with Crippen molar-refractivity contribution < 1.29 is 9.18 Å². The second kappa shape index (κ2) is 8.95. The molecule has 1 aliphatic rings. The number of halogens is 2. The van der Waals surface area contributed by atoms with Crippen LogP contribution < -0.4 is 10.6 Å². The van der Waals surface area contributed by atoms with Gasteiger partial charge in [-0.2, -0.15) is 5.10 Å². The molecule has 3 heterocycles. The van der Waals surface area contributed by atoms with E-state index in [2.05, 4.69) is 34.6 Å². The van der Waals surface area contributed by atoms with Gasteiger partial charge in [-0.1, -0.05) is 49.7 Å². The van der Waals surface area contributed by atoms with Crippen LogP contribution >= 0.6 is 11.6 Å². The lowest BCUT2D eigenvalue weighted by molar-refractivity contribution is 0.251. The van der Waals surface area contributed by atoms with Crippen molar-refractivity contribution in [1.29, 1.82) is 0 Å². The number of hydrogen-bond acceptors (Lipinski definition) is 3. The highest BCUT2D eigenvalue weighted by atomic mass is 35.5. The van der Waals surface area contributed by atoms with Crippen LogP contribution in [0.1, 0.15) is 25.5 Å². The first-order valence-corrected chi connectivity index (χ1v) is 11.5. The lowest BCUT2D eigenvalue weighted by Gasteiger charge is -2.16. The molecule has 2 aromatic carbocycles. The quantitative estimate of drug-likeness (QED) is 0.379. The average molecular weight is 479 g/mol. The van der Waals surface area contributed by atoms with Crippen molar-refractivity contribution in [3.05, 3.63) is 77.7 Å². The van der Waals surface area contributed by atoms with E-state index in [4.69, 9.17) is 11.6 Å². The molecule has 1 aliphatic heterocycles. The smallest absolute Gasteiger partial charge is 0.319 e. The summed E-state index contributed by atoms with van der Waals surface area (Å²) in [5, 5.41) is 10.1. The number of rotatable bonds is 6. The molecule has 0 saturated carbocycles. The van der Waals surface area contributed by atoms with Gasteiger partial charge >= 0.3 is 6.03 Å². The lowest BCUT2D eigenvalue weighted by atomic mass is 10.0. The molecule has 0 fully saturated rings. The van der Waals surface area contributed by atoms with Crippen molar-refractivity contribution in [3.8, 4) is 22.4 Å². The van der Waals surface area contributed by atoms with Crippen LogP contribution in [0.5, 0.6) is 0 Å². The van der Waals surface area contributed by atoms with E-state index in [0.29, 0.717) is 23.0 Å². The molecule has 7 nitrogen and oxygen atoms in total. The molecule has 34 heavy (non-hydrogen) atoms. The summed E-state index contributed by atoms with van der Waals surface area (Å²) in [4.78, 5) is 16.8. The van der Waals surface area contributed by atoms with Gasteiger partial charge in [-0.3, -0.25) is 4.68 Å². The first-order valence-electron chi connectivity index (χ1n) is 11.1. The number of amides is 2. The van der Waals surface area contributed by atoms with E-state index in [0.717, 1.165) is 28.9 Å². The number of imidazole rings is 1. The molecule has 5 rings (SSSR count). The van der Waals surface area contributed by atoms with Crippen molar-refractivity contribution >= 4 is 23.3 Å². The number of hydrogen-bond donors (Lipinski definition) is 2. The van der Waals surface area contributed by atoms with Gasteiger partial charge in [0.05, 0.1) is 41.2 Å². The predicted octanol–water partition coefficient (Wildman–Crippen LogP) is 5.59. The topological polar surface area (TPSA) is 76.8 Å². The molecule has 0 spiro atoms. The fourth-order valence-electron chi connectivity index (χ4n) is 4.34. The van der Waals surface area contributed by atoms with E-state index in [1.54, 1.807) is 17.2 Å². The van der Waals surface area contributed by atoms with E-state index < -0.39 is 11.8 Å². The molecular formula is C25H24ClFN6O. The third-order valence-electron chi connectivity index (χ3n) is 5.85. The largest absolute Gasteiger partial charge is 0.335 e. The molecule has 0 saturated heterocycles. The molecule has 0 radical (unpaired) electrons. The van der Waals surface area contributed by atoms with Gasteiger partial charge in [0.25, 0.3) is 0 Å². The first kappa shape index (κ1) is 22.2. The van der Waals surface area contributed by atoms with E-state index in [1.165, 1.54) is 12.1 Å². The second-order valence-electron chi connectivity index (χ2n) is 8.78. The molecule has 0 bridgehead atoms. The number of anilines is 1. The molecule has 2 N–H and O–H groups in total. The summed E-state index contributed by atoms with van der Waals surface area (Å²) in [6, 6.07) is 10.2. The summed E-state index contributed by atoms with van der Waals surface area (Å²) in [6.07, 6.45) is 7.06. The van der Waals surface area contributed by atoms with Gasteiger partial charge in [-0.15, -0.1) is 0 Å². The van der Waals surface area contributed by atoms with Gasteiger partial charge in [-0.25, -0.2) is 14.2 Å². The highest BCUT2D eigenvalue weighted by Gasteiger charge is 2.28. The molecule has 4 aromatic rings. The molecule has 1 atom stereocenters. The van der Waals surface area contributed by atoms with Crippen LogP contribution in [0.15, 0.2) is 61.3 Å². The van der Waals surface area contributed by atoms with Crippen LogP contribution in [-0.2, 0) is 6.54 Å². The summed E-state index contributed by atoms with van der Waals surface area (Å²) in [7, 11) is 0. The van der Waals surface area contributed by atoms with Crippen molar-refractivity contribution in [2.45, 2.75) is 26.4 Å². The van der Waals surface area contributed by atoms with Crippen LogP contribution in [0.3, 0.4) is 0 Å². The molecule has 1 unspecified atom stereocenters. The molecule has 2 aromatic heterocycles. The standard InChI is InChI=1S/C25H24ClFN6O/c1-15(2)12-32-13-16(9-30-32)19-7-21(27)22(8-20(19)26)31-25(34)29-11-24-18-6-4-3-5-17(18)23-10-28-14-33(23)24/h3-10,13-15,24H,11-12H2,1-2H3,(H2,29,31,34). The Kier molecular flexibility index (Phi) is 5.83. The Morgan fingerprint density at radius 2 is 2.03 bits per heavy atom. The van der Waals surface area contributed by atoms with Gasteiger partial charge in [0.15, 0.2) is 0 Å². The fraction of sp³-hybridized carbons (Fsp3) is 0.240. The Bertz CT molecular complexity index is 1360. The normalized spacial score (nSPS) is 14.2. The number of aromatic nitrogens is 4. The van der Waals surface area contributed by atoms with Crippen molar-refractivity contribution in [3.63, 3.8) is 0 Å². The monoisotopic (exact) mass is 478 g/mol. The van der Waals surface area contributed by atoms with E-state index >= 15 is 0 Å². The average Bonchev–Trinajstić information content (AvgIpc) is 3.51. The zero-order chi connectivity index (χ0) is 23.8. The number of nitrogens with one attached hydrogen (secondary N) is 2. The summed E-state index contributed by atoms with van der Waals surface area (Å²) in [6.45, 7) is 5.28. The minimum Gasteiger partial charge on any atom is -0.335 e. The summed E-state index contributed by atoms with van der Waals surface area (Å²) in [5.74, 6) is -0.141. The van der Waals surface area contributed by atoms with Gasteiger partial charge in [0.1, 0.15) is 5.82 Å². The molecule has 174 valence electrons. The Morgan fingerprint density at radius 1 is 1.21 bits per heavy atom. The summed E-state index contributed by atoms with van der Waals surface area (Å²) >= 11 is 6.43. The second-order valence-corrected chi connectivity index (χ2v) is 9.19. The van der Waals surface area contributed by atoms with Gasteiger partial charge < -0.3 is 15.2 Å². The molecular weight excluding hydrogens is 455 g/mol. The Balaban J connectivity index is 1.28. The van der Waals surface area contributed by atoms with Crippen molar-refractivity contribution in [1.82, 2.24) is 24.6 Å². The number of nitrogens with zero attached hydrogens (tertiary/aromatic N) is 4. The maximum atomic E-state index is 14.8. The number of urea groups is 1. The Hall–Kier alpha value is -3.65. The number of carbonyl (C=O) groups is 1. The third-order valence-corrected chi connectivity index (χ3v) is 6.17. The van der Waals surface area contributed by atoms with E-state index in [9.17, 15) is 9.18 Å². The number of fused-ring (bicyclic) bond motifs is 3. The van der Waals surface area contributed by atoms with Crippen LogP contribution in [0.2, 0.25) is 5.02 Å². The Morgan fingerprint density at radius 3 is 2.85 bits per heavy atom. The maximum absolute atomic E-state index is 14.8. The van der Waals surface area contributed by atoms with Crippen LogP contribution in [-0.4, -0.2) is 31.9 Å². The zero-order valence-corrected chi connectivity index (χ0v) is 19.6. The lowest BCUT2D eigenvalue weighted by Crippen LogP contribution is -2.33. The van der Waals surface area contributed by atoms with E-state index in [1.807, 2.05) is 41.2 Å². The van der Waals surface area contributed by atoms with Crippen molar-refractivity contribution in [2.24, 2.45) is 5.92 Å². The minimum atomic E-state index is -0.575. The number of carbonyl (C=O) groups excluding carboxylic acids is 1. The van der Waals surface area contributed by atoms with E-state index in [-0.39, 0.29) is 11.7 Å². The van der Waals surface area contributed by atoms with Crippen LogP contribution in [0.4, 0.5) is 14.9 Å². The summed E-state index contributed by atoms with van der Waals surface area (Å²) < 4.78 is 18.7. The van der Waals surface area contributed by atoms with Crippen LogP contribution in [0, 0.1) is 11.7 Å². The Labute approximate surface area is 201 Å². The van der Waals surface area contributed by atoms with Crippen LogP contribution in [0.25, 0.3) is 22.4 Å². The number of benzene rings is 2. The first-order chi connectivity index (χ1) is 16.4. The van der Waals surface area contributed by atoms with Crippen molar-refractivity contribution in [2.75, 3.05) is 11.9 Å². The van der Waals surface area contributed by atoms with Gasteiger partial charge in [0, 0.05) is 36.0 Å². The highest BCUT2D eigenvalue weighted by molar-refractivity contribution is 6.33. The molecule has 0 aliphatic carbocycles.